The maximum atomic E-state index is 13.5. The molecule has 0 saturated carbocycles. The molecule has 1 heterocycles. The molecule has 0 aliphatic carbocycles. The number of likely N-dealkylation sites (tertiary alicyclic amines) is 1. The smallest absolute Gasteiger partial charge is 0.416 e. The molecule has 33 heavy (non-hydrogen) atoms. The Balaban J connectivity index is 2.21. The number of piperidine rings is 1. The molecule has 0 spiro atoms. The predicted molar refractivity (Wildman–Crippen MR) is 119 cm³/mol. The average molecular weight is 486 g/mol. The molecule has 0 aromatic heterocycles. The molecule has 9 heteroatoms. The normalized spacial score (nSPS) is 18.1. The van der Waals surface area contributed by atoms with Crippen molar-refractivity contribution in [2.45, 2.75) is 51.4 Å². The number of hydrogen-bond donors (Lipinski definition) is 1. The van der Waals surface area contributed by atoms with Crippen LogP contribution in [0.25, 0.3) is 0 Å². The van der Waals surface area contributed by atoms with Crippen molar-refractivity contribution in [2.75, 3.05) is 19.8 Å². The lowest BCUT2D eigenvalue weighted by molar-refractivity contribution is -0.145. The van der Waals surface area contributed by atoms with E-state index in [-0.39, 0.29) is 10.6 Å². The van der Waals surface area contributed by atoms with Crippen LogP contribution in [0.5, 0.6) is 11.5 Å². The standard InChI is InChI=1S/C24H27ClF3NO4/c1-3-32-20-11-8-15(13-21(20)33-4-2)22(29-12-6-5-7-19(29)23(30)31)17-14-16(24(26,27)28)9-10-18(17)25/h8-11,13-14,19,22H,3-7,12H2,1-2H3,(H,30,31). The summed E-state index contributed by atoms with van der Waals surface area (Å²) in [5, 5.41) is 9.99. The van der Waals surface area contributed by atoms with Crippen molar-refractivity contribution in [2.24, 2.45) is 0 Å². The topological polar surface area (TPSA) is 59.0 Å². The van der Waals surface area contributed by atoms with E-state index in [1.807, 2.05) is 13.8 Å². The Morgan fingerprint density at radius 1 is 1.12 bits per heavy atom. The Bertz CT molecular complexity index is 983. The van der Waals surface area contributed by atoms with Gasteiger partial charge in [0.2, 0.25) is 0 Å². The van der Waals surface area contributed by atoms with Crippen LogP contribution in [-0.4, -0.2) is 41.8 Å². The zero-order valence-electron chi connectivity index (χ0n) is 18.5. The van der Waals surface area contributed by atoms with Gasteiger partial charge in [-0.05, 0) is 74.7 Å². The lowest BCUT2D eigenvalue weighted by Gasteiger charge is -2.40. The highest BCUT2D eigenvalue weighted by Crippen LogP contribution is 2.42. The zero-order chi connectivity index (χ0) is 24.2. The number of carbonyl (C=O) groups is 1. The van der Waals surface area contributed by atoms with Crippen LogP contribution in [-0.2, 0) is 11.0 Å². The van der Waals surface area contributed by atoms with E-state index in [0.29, 0.717) is 43.2 Å². The summed E-state index contributed by atoms with van der Waals surface area (Å²) in [6, 6.07) is 6.61. The minimum Gasteiger partial charge on any atom is -0.490 e. The van der Waals surface area contributed by atoms with Crippen molar-refractivity contribution >= 4 is 17.6 Å². The van der Waals surface area contributed by atoms with Crippen LogP contribution in [0.15, 0.2) is 36.4 Å². The number of aliphatic carboxylic acids is 1. The molecule has 0 amide bonds. The highest BCUT2D eigenvalue weighted by Gasteiger charge is 2.38. The number of carboxylic acid groups (broad SMARTS) is 1. The number of benzene rings is 2. The maximum Gasteiger partial charge on any atom is 0.416 e. The van der Waals surface area contributed by atoms with Gasteiger partial charge in [0, 0.05) is 5.02 Å². The molecule has 1 aliphatic rings. The number of rotatable bonds is 8. The second-order valence-electron chi connectivity index (χ2n) is 7.80. The van der Waals surface area contributed by atoms with Gasteiger partial charge in [0.05, 0.1) is 24.8 Å². The second-order valence-corrected chi connectivity index (χ2v) is 8.20. The number of carboxylic acids is 1. The fourth-order valence-corrected chi connectivity index (χ4v) is 4.47. The first kappa shape index (κ1) is 25.2. The number of nitrogens with zero attached hydrogens (tertiary/aromatic N) is 1. The predicted octanol–water partition coefficient (Wildman–Crippen LogP) is 6.18. The molecular formula is C24H27ClF3NO4. The van der Waals surface area contributed by atoms with E-state index in [1.165, 1.54) is 6.07 Å². The van der Waals surface area contributed by atoms with Crippen LogP contribution in [0.1, 0.15) is 55.8 Å². The van der Waals surface area contributed by atoms with Crippen LogP contribution in [0.4, 0.5) is 13.2 Å². The van der Waals surface area contributed by atoms with Gasteiger partial charge in [-0.2, -0.15) is 13.2 Å². The molecule has 5 nitrogen and oxygen atoms in total. The van der Waals surface area contributed by atoms with Gasteiger partial charge in [0.1, 0.15) is 6.04 Å². The highest BCUT2D eigenvalue weighted by atomic mass is 35.5. The molecule has 1 fully saturated rings. The fourth-order valence-electron chi connectivity index (χ4n) is 4.25. The van der Waals surface area contributed by atoms with Crippen molar-refractivity contribution in [1.82, 2.24) is 4.90 Å². The molecule has 2 atom stereocenters. The summed E-state index contributed by atoms with van der Waals surface area (Å²) in [4.78, 5) is 13.8. The van der Waals surface area contributed by atoms with Gasteiger partial charge >= 0.3 is 12.1 Å². The third-order valence-electron chi connectivity index (χ3n) is 5.66. The number of ether oxygens (including phenoxy) is 2. The van der Waals surface area contributed by atoms with E-state index in [9.17, 15) is 23.1 Å². The first-order valence-electron chi connectivity index (χ1n) is 10.9. The monoisotopic (exact) mass is 485 g/mol. The molecule has 0 bridgehead atoms. The Kier molecular flexibility index (Phi) is 8.13. The molecule has 2 aromatic carbocycles. The van der Waals surface area contributed by atoms with E-state index in [1.54, 1.807) is 23.1 Å². The van der Waals surface area contributed by atoms with Crippen molar-refractivity contribution in [1.29, 1.82) is 0 Å². The minimum absolute atomic E-state index is 0.134. The van der Waals surface area contributed by atoms with Crippen molar-refractivity contribution in [3.63, 3.8) is 0 Å². The minimum atomic E-state index is -4.56. The van der Waals surface area contributed by atoms with Crippen LogP contribution >= 0.6 is 11.6 Å². The van der Waals surface area contributed by atoms with E-state index in [2.05, 4.69) is 0 Å². The van der Waals surface area contributed by atoms with Crippen LogP contribution in [0.2, 0.25) is 5.02 Å². The number of alkyl halides is 3. The largest absolute Gasteiger partial charge is 0.490 e. The van der Waals surface area contributed by atoms with Gasteiger partial charge in [-0.15, -0.1) is 0 Å². The first-order chi connectivity index (χ1) is 15.7. The van der Waals surface area contributed by atoms with Gasteiger partial charge in [-0.3, -0.25) is 9.69 Å². The SMILES string of the molecule is CCOc1ccc(C(c2cc(C(F)(F)F)ccc2Cl)N2CCCCC2C(=O)O)cc1OCC. The van der Waals surface area contributed by atoms with E-state index in [4.69, 9.17) is 21.1 Å². The Hall–Kier alpha value is -2.45. The molecule has 2 aromatic rings. The van der Waals surface area contributed by atoms with E-state index in [0.717, 1.165) is 25.0 Å². The summed E-state index contributed by atoms with van der Waals surface area (Å²) >= 11 is 6.42. The zero-order valence-corrected chi connectivity index (χ0v) is 19.2. The third kappa shape index (κ3) is 5.73. The summed E-state index contributed by atoms with van der Waals surface area (Å²) in [6.07, 6.45) is -2.71. The number of halogens is 4. The van der Waals surface area contributed by atoms with Crippen LogP contribution in [0, 0.1) is 0 Å². The van der Waals surface area contributed by atoms with E-state index < -0.39 is 29.8 Å². The number of hydrogen-bond acceptors (Lipinski definition) is 4. The Labute approximate surface area is 196 Å². The molecule has 3 rings (SSSR count). The van der Waals surface area contributed by atoms with Gasteiger partial charge in [-0.1, -0.05) is 24.1 Å². The lowest BCUT2D eigenvalue weighted by atomic mass is 9.90. The quantitative estimate of drug-likeness (QED) is 0.483. The summed E-state index contributed by atoms with van der Waals surface area (Å²) in [7, 11) is 0. The van der Waals surface area contributed by atoms with E-state index >= 15 is 0 Å². The van der Waals surface area contributed by atoms with Gasteiger partial charge in [0.15, 0.2) is 11.5 Å². The van der Waals surface area contributed by atoms with Crippen molar-refractivity contribution < 1.29 is 32.5 Å². The summed E-state index contributed by atoms with van der Waals surface area (Å²) in [6.45, 7) is 4.83. The maximum absolute atomic E-state index is 13.5. The molecule has 2 unspecified atom stereocenters. The fraction of sp³-hybridized carbons (Fsp3) is 0.458. The van der Waals surface area contributed by atoms with Gasteiger partial charge in [0.25, 0.3) is 0 Å². The Morgan fingerprint density at radius 2 is 1.82 bits per heavy atom. The second kappa shape index (κ2) is 10.7. The molecule has 1 N–H and O–H groups in total. The van der Waals surface area contributed by atoms with Crippen LogP contribution in [0.3, 0.4) is 0 Å². The van der Waals surface area contributed by atoms with Crippen molar-refractivity contribution in [3.05, 3.63) is 58.1 Å². The third-order valence-corrected chi connectivity index (χ3v) is 6.01. The summed E-state index contributed by atoms with van der Waals surface area (Å²) in [5.41, 5.74) is -0.0609. The molecule has 180 valence electrons. The molecule has 0 radical (unpaired) electrons. The Morgan fingerprint density at radius 3 is 2.45 bits per heavy atom. The average Bonchev–Trinajstić information content (AvgIpc) is 2.76. The highest BCUT2D eigenvalue weighted by molar-refractivity contribution is 6.31. The molecular weight excluding hydrogens is 459 g/mol. The van der Waals surface area contributed by atoms with Crippen molar-refractivity contribution in [3.8, 4) is 11.5 Å². The van der Waals surface area contributed by atoms with Gasteiger partial charge < -0.3 is 14.6 Å². The summed E-state index contributed by atoms with van der Waals surface area (Å²) < 4.78 is 51.9. The van der Waals surface area contributed by atoms with Gasteiger partial charge in [-0.25, -0.2) is 0 Å². The summed E-state index contributed by atoms with van der Waals surface area (Å²) in [5.74, 6) is -0.0713. The molecule has 1 saturated heterocycles. The lowest BCUT2D eigenvalue weighted by Crippen LogP contribution is -2.47. The molecule has 1 aliphatic heterocycles. The van der Waals surface area contributed by atoms with Crippen LogP contribution < -0.4 is 9.47 Å². The first-order valence-corrected chi connectivity index (χ1v) is 11.3.